The second-order valence-corrected chi connectivity index (χ2v) is 6.32. The maximum Gasteiger partial charge on any atom is 0.119 e. The molecule has 0 heterocycles. The SMILES string of the molecule is COc1ccc(Br)c(CNc2cccc3c2CCCC3)c1. The molecule has 2 aromatic rings. The van der Waals surface area contributed by atoms with E-state index in [1.54, 1.807) is 7.11 Å². The first-order valence-electron chi connectivity index (χ1n) is 7.45. The highest BCUT2D eigenvalue weighted by Gasteiger charge is 2.12. The maximum atomic E-state index is 5.30. The van der Waals surface area contributed by atoms with Gasteiger partial charge in [-0.25, -0.2) is 0 Å². The average molecular weight is 346 g/mol. The summed E-state index contributed by atoms with van der Waals surface area (Å²) >= 11 is 3.61. The molecule has 0 aliphatic heterocycles. The molecular weight excluding hydrogens is 326 g/mol. The Bertz CT molecular complexity index is 639. The number of aryl methyl sites for hydroxylation is 1. The zero-order chi connectivity index (χ0) is 14.7. The Balaban J connectivity index is 1.79. The van der Waals surface area contributed by atoms with Gasteiger partial charge in [0.15, 0.2) is 0 Å². The minimum absolute atomic E-state index is 0.800. The zero-order valence-electron chi connectivity index (χ0n) is 12.3. The van der Waals surface area contributed by atoms with Gasteiger partial charge < -0.3 is 10.1 Å². The van der Waals surface area contributed by atoms with Crippen molar-refractivity contribution >= 4 is 21.6 Å². The first-order valence-corrected chi connectivity index (χ1v) is 8.24. The molecule has 1 N–H and O–H groups in total. The molecule has 0 bridgehead atoms. The number of ether oxygens (including phenoxy) is 1. The molecule has 0 saturated heterocycles. The van der Waals surface area contributed by atoms with Crippen molar-refractivity contribution in [3.8, 4) is 5.75 Å². The summed E-state index contributed by atoms with van der Waals surface area (Å²) in [5.41, 5.74) is 5.50. The van der Waals surface area contributed by atoms with Crippen molar-refractivity contribution in [2.45, 2.75) is 32.2 Å². The van der Waals surface area contributed by atoms with E-state index in [4.69, 9.17) is 4.74 Å². The molecule has 110 valence electrons. The molecule has 0 aromatic heterocycles. The van der Waals surface area contributed by atoms with Crippen LogP contribution in [0.15, 0.2) is 40.9 Å². The minimum atomic E-state index is 0.800. The smallest absolute Gasteiger partial charge is 0.119 e. The molecule has 0 radical (unpaired) electrons. The number of fused-ring (bicyclic) bond motifs is 1. The first-order chi connectivity index (χ1) is 10.3. The molecule has 0 unspecified atom stereocenters. The Kier molecular flexibility index (Phi) is 4.49. The third-order valence-electron chi connectivity index (χ3n) is 4.12. The largest absolute Gasteiger partial charge is 0.497 e. The standard InChI is InChI=1S/C18H20BrNO/c1-21-15-9-10-17(19)14(11-15)12-20-18-8-4-6-13-5-2-3-7-16(13)18/h4,6,8-11,20H,2-3,5,7,12H2,1H3. The summed E-state index contributed by atoms with van der Waals surface area (Å²) in [5.74, 6) is 0.894. The molecule has 3 heteroatoms. The van der Waals surface area contributed by atoms with Crippen molar-refractivity contribution in [1.82, 2.24) is 0 Å². The van der Waals surface area contributed by atoms with Crippen LogP contribution in [0.3, 0.4) is 0 Å². The van der Waals surface area contributed by atoms with Gasteiger partial charge in [-0.1, -0.05) is 28.1 Å². The van der Waals surface area contributed by atoms with Gasteiger partial charge in [0, 0.05) is 16.7 Å². The van der Waals surface area contributed by atoms with E-state index in [0.717, 1.165) is 16.8 Å². The molecule has 0 fully saturated rings. The van der Waals surface area contributed by atoms with E-state index in [2.05, 4.69) is 45.5 Å². The topological polar surface area (TPSA) is 21.3 Å². The fourth-order valence-electron chi connectivity index (χ4n) is 2.95. The molecule has 2 nitrogen and oxygen atoms in total. The Morgan fingerprint density at radius 1 is 1.14 bits per heavy atom. The van der Waals surface area contributed by atoms with Crippen LogP contribution in [0, 0.1) is 0 Å². The lowest BCUT2D eigenvalue weighted by atomic mass is 9.90. The highest BCUT2D eigenvalue weighted by molar-refractivity contribution is 9.10. The Morgan fingerprint density at radius 3 is 2.86 bits per heavy atom. The fourth-order valence-corrected chi connectivity index (χ4v) is 3.34. The van der Waals surface area contributed by atoms with Crippen molar-refractivity contribution in [2.75, 3.05) is 12.4 Å². The van der Waals surface area contributed by atoms with Crippen molar-refractivity contribution < 1.29 is 4.74 Å². The van der Waals surface area contributed by atoms with Crippen LogP contribution in [-0.4, -0.2) is 7.11 Å². The highest BCUT2D eigenvalue weighted by Crippen LogP contribution is 2.29. The number of benzene rings is 2. The van der Waals surface area contributed by atoms with Crippen molar-refractivity contribution in [3.05, 3.63) is 57.6 Å². The van der Waals surface area contributed by atoms with E-state index in [-0.39, 0.29) is 0 Å². The van der Waals surface area contributed by atoms with Crippen LogP contribution < -0.4 is 10.1 Å². The first kappa shape index (κ1) is 14.5. The number of anilines is 1. The van der Waals surface area contributed by atoms with E-state index in [0.29, 0.717) is 0 Å². The van der Waals surface area contributed by atoms with Gasteiger partial charge in [0.1, 0.15) is 5.75 Å². The molecule has 1 aliphatic rings. The van der Waals surface area contributed by atoms with Crippen LogP contribution in [0.2, 0.25) is 0 Å². The molecule has 2 aromatic carbocycles. The van der Waals surface area contributed by atoms with Crippen molar-refractivity contribution in [1.29, 1.82) is 0 Å². The van der Waals surface area contributed by atoms with E-state index in [1.165, 1.54) is 48.1 Å². The maximum absolute atomic E-state index is 5.30. The minimum Gasteiger partial charge on any atom is -0.497 e. The van der Waals surface area contributed by atoms with Crippen molar-refractivity contribution in [3.63, 3.8) is 0 Å². The van der Waals surface area contributed by atoms with Gasteiger partial charge in [-0.15, -0.1) is 0 Å². The van der Waals surface area contributed by atoms with Gasteiger partial charge in [0.05, 0.1) is 7.11 Å². The second-order valence-electron chi connectivity index (χ2n) is 5.46. The average Bonchev–Trinajstić information content (AvgIpc) is 2.54. The lowest BCUT2D eigenvalue weighted by molar-refractivity contribution is 0.414. The Labute approximate surface area is 134 Å². The molecule has 0 spiro atoms. The summed E-state index contributed by atoms with van der Waals surface area (Å²) in [6.45, 7) is 0.800. The van der Waals surface area contributed by atoms with Crippen LogP contribution in [0.5, 0.6) is 5.75 Å². The van der Waals surface area contributed by atoms with Gasteiger partial charge in [-0.3, -0.25) is 0 Å². The number of hydrogen-bond acceptors (Lipinski definition) is 2. The van der Waals surface area contributed by atoms with Crippen LogP contribution in [0.4, 0.5) is 5.69 Å². The van der Waals surface area contributed by atoms with E-state index in [9.17, 15) is 0 Å². The monoisotopic (exact) mass is 345 g/mol. The van der Waals surface area contributed by atoms with Gasteiger partial charge in [-0.2, -0.15) is 0 Å². The zero-order valence-corrected chi connectivity index (χ0v) is 13.9. The predicted octanol–water partition coefficient (Wildman–Crippen LogP) is 4.95. The van der Waals surface area contributed by atoms with Crippen molar-refractivity contribution in [2.24, 2.45) is 0 Å². The molecular formula is C18H20BrNO. The summed E-state index contributed by atoms with van der Waals surface area (Å²) in [4.78, 5) is 0. The fraction of sp³-hybridized carbons (Fsp3) is 0.333. The lowest BCUT2D eigenvalue weighted by Gasteiger charge is -2.20. The van der Waals surface area contributed by atoms with Gasteiger partial charge >= 0.3 is 0 Å². The summed E-state index contributed by atoms with van der Waals surface area (Å²) in [6, 6.07) is 12.7. The van der Waals surface area contributed by atoms with Gasteiger partial charge in [0.25, 0.3) is 0 Å². The molecule has 0 atom stereocenters. The van der Waals surface area contributed by atoms with Crippen LogP contribution >= 0.6 is 15.9 Å². The number of halogens is 1. The molecule has 0 saturated carbocycles. The molecule has 3 rings (SSSR count). The highest BCUT2D eigenvalue weighted by atomic mass is 79.9. The third kappa shape index (κ3) is 3.24. The number of methoxy groups -OCH3 is 1. The summed E-state index contributed by atoms with van der Waals surface area (Å²) in [5, 5.41) is 3.60. The normalized spacial score (nSPS) is 13.6. The van der Waals surface area contributed by atoms with Gasteiger partial charge in [0.2, 0.25) is 0 Å². The molecule has 1 aliphatic carbocycles. The Morgan fingerprint density at radius 2 is 2.00 bits per heavy atom. The summed E-state index contributed by atoms with van der Waals surface area (Å²) < 4.78 is 6.42. The summed E-state index contributed by atoms with van der Waals surface area (Å²) in [7, 11) is 1.70. The van der Waals surface area contributed by atoms with Crippen LogP contribution in [-0.2, 0) is 19.4 Å². The number of rotatable bonds is 4. The van der Waals surface area contributed by atoms with E-state index >= 15 is 0 Å². The second kappa shape index (κ2) is 6.52. The molecule has 21 heavy (non-hydrogen) atoms. The van der Waals surface area contributed by atoms with E-state index in [1.807, 2.05) is 12.1 Å². The third-order valence-corrected chi connectivity index (χ3v) is 4.89. The lowest BCUT2D eigenvalue weighted by Crippen LogP contribution is -2.08. The predicted molar refractivity (Wildman–Crippen MR) is 91.1 cm³/mol. The van der Waals surface area contributed by atoms with Crippen LogP contribution in [0.1, 0.15) is 29.5 Å². The molecule has 0 amide bonds. The quantitative estimate of drug-likeness (QED) is 0.846. The van der Waals surface area contributed by atoms with Gasteiger partial charge in [-0.05, 0) is 66.6 Å². The van der Waals surface area contributed by atoms with E-state index < -0.39 is 0 Å². The van der Waals surface area contributed by atoms with Crippen LogP contribution in [0.25, 0.3) is 0 Å². The summed E-state index contributed by atoms with van der Waals surface area (Å²) in [6.07, 6.45) is 5.03. The number of nitrogens with one attached hydrogen (secondary N) is 1. The Hall–Kier alpha value is -1.48. The number of hydrogen-bond donors (Lipinski definition) is 1.